The monoisotopic (exact) mass is 260 g/mol. The van der Waals surface area contributed by atoms with E-state index in [0.29, 0.717) is 0 Å². The maximum Gasteiger partial charge on any atom is 0.237 e. The zero-order chi connectivity index (χ0) is 13.8. The van der Waals surface area contributed by atoms with Gasteiger partial charge in [0.1, 0.15) is 0 Å². The molecule has 1 aliphatic heterocycles. The van der Waals surface area contributed by atoms with Crippen LogP contribution in [0.2, 0.25) is 0 Å². The van der Waals surface area contributed by atoms with E-state index in [-0.39, 0.29) is 18.0 Å². The van der Waals surface area contributed by atoms with E-state index in [0.717, 1.165) is 25.8 Å². The molecule has 19 heavy (non-hydrogen) atoms. The summed E-state index contributed by atoms with van der Waals surface area (Å²) in [6.07, 6.45) is 2.95. The molecule has 1 amide bonds. The van der Waals surface area contributed by atoms with Crippen molar-refractivity contribution >= 4 is 5.91 Å². The van der Waals surface area contributed by atoms with Crippen molar-refractivity contribution in [2.45, 2.75) is 52.1 Å². The molecule has 3 heteroatoms. The molecule has 1 aliphatic rings. The molecule has 0 radical (unpaired) electrons. The fraction of sp³-hybridized carbons (Fsp3) is 0.562. The van der Waals surface area contributed by atoms with Crippen LogP contribution in [-0.4, -0.2) is 24.5 Å². The first kappa shape index (κ1) is 14.1. The summed E-state index contributed by atoms with van der Waals surface area (Å²) in [5.74, 6) is 0.148. The Kier molecular flexibility index (Phi) is 4.59. The van der Waals surface area contributed by atoms with Gasteiger partial charge in [0.05, 0.1) is 6.04 Å². The van der Waals surface area contributed by atoms with Gasteiger partial charge in [0.25, 0.3) is 0 Å². The van der Waals surface area contributed by atoms with Crippen LogP contribution in [0, 0.1) is 13.8 Å². The maximum absolute atomic E-state index is 12.0. The summed E-state index contributed by atoms with van der Waals surface area (Å²) in [5.41, 5.74) is 3.86. The van der Waals surface area contributed by atoms with Crippen LogP contribution in [0.25, 0.3) is 0 Å². The van der Waals surface area contributed by atoms with Gasteiger partial charge in [-0.3, -0.25) is 4.79 Å². The summed E-state index contributed by atoms with van der Waals surface area (Å²) in [7, 11) is 0. The largest absolute Gasteiger partial charge is 0.352 e. The van der Waals surface area contributed by atoms with Gasteiger partial charge in [-0.1, -0.05) is 29.3 Å². The third kappa shape index (κ3) is 4.06. The molecule has 0 spiro atoms. The molecule has 1 heterocycles. The Morgan fingerprint density at radius 1 is 1.37 bits per heavy atom. The highest BCUT2D eigenvalue weighted by Gasteiger charge is 2.22. The number of hydrogen-bond acceptors (Lipinski definition) is 2. The number of benzene rings is 1. The zero-order valence-corrected chi connectivity index (χ0v) is 12.1. The third-order valence-corrected chi connectivity index (χ3v) is 3.59. The minimum Gasteiger partial charge on any atom is -0.352 e. The van der Waals surface area contributed by atoms with Crippen LogP contribution in [0.1, 0.15) is 36.5 Å². The van der Waals surface area contributed by atoms with Gasteiger partial charge in [-0.25, -0.2) is 0 Å². The molecule has 1 aromatic carbocycles. The van der Waals surface area contributed by atoms with E-state index in [4.69, 9.17) is 0 Å². The van der Waals surface area contributed by atoms with Crippen molar-refractivity contribution in [3.8, 4) is 0 Å². The normalized spacial score (nSPS) is 20.3. The third-order valence-electron chi connectivity index (χ3n) is 3.59. The summed E-state index contributed by atoms with van der Waals surface area (Å²) in [6.45, 7) is 7.26. The molecule has 0 unspecified atom stereocenters. The molecule has 1 aromatic rings. The fourth-order valence-electron chi connectivity index (χ4n) is 2.84. The van der Waals surface area contributed by atoms with Crippen LogP contribution in [0.5, 0.6) is 0 Å². The van der Waals surface area contributed by atoms with E-state index in [1.807, 2.05) is 0 Å². The number of hydrogen-bond donors (Lipinski definition) is 2. The molecule has 0 aromatic heterocycles. The average molecular weight is 260 g/mol. The molecular formula is C16H24N2O. The predicted molar refractivity (Wildman–Crippen MR) is 78.2 cm³/mol. The van der Waals surface area contributed by atoms with Gasteiger partial charge in [-0.2, -0.15) is 0 Å². The lowest BCUT2D eigenvalue weighted by Gasteiger charge is -2.18. The van der Waals surface area contributed by atoms with Crippen LogP contribution in [0.4, 0.5) is 0 Å². The van der Waals surface area contributed by atoms with Crippen molar-refractivity contribution in [3.05, 3.63) is 34.9 Å². The first-order valence-corrected chi connectivity index (χ1v) is 7.15. The van der Waals surface area contributed by atoms with Crippen molar-refractivity contribution in [3.63, 3.8) is 0 Å². The second kappa shape index (κ2) is 6.20. The van der Waals surface area contributed by atoms with Crippen molar-refractivity contribution < 1.29 is 4.79 Å². The second-order valence-corrected chi connectivity index (χ2v) is 5.76. The molecule has 1 fully saturated rings. The number of rotatable bonds is 4. The highest BCUT2D eigenvalue weighted by atomic mass is 16.2. The van der Waals surface area contributed by atoms with Crippen molar-refractivity contribution in [1.82, 2.24) is 10.6 Å². The standard InChI is InChI=1S/C16H24N2O/c1-11-7-12(2)9-14(8-11)10-13(3)18-16(19)15-5-4-6-17-15/h7-9,13,15,17H,4-6,10H2,1-3H3,(H,18,19)/t13-,15-/m1/s1. The molecule has 2 N–H and O–H groups in total. The first-order chi connectivity index (χ1) is 9.04. The number of amides is 1. The van der Waals surface area contributed by atoms with Gasteiger partial charge in [-0.15, -0.1) is 0 Å². The second-order valence-electron chi connectivity index (χ2n) is 5.76. The van der Waals surface area contributed by atoms with E-state index >= 15 is 0 Å². The van der Waals surface area contributed by atoms with Crippen LogP contribution in [0.15, 0.2) is 18.2 Å². The van der Waals surface area contributed by atoms with Crippen LogP contribution >= 0.6 is 0 Å². The van der Waals surface area contributed by atoms with E-state index in [2.05, 4.69) is 49.6 Å². The SMILES string of the molecule is Cc1cc(C)cc(C[C@@H](C)NC(=O)[C@H]2CCCN2)c1. The highest BCUT2D eigenvalue weighted by Crippen LogP contribution is 2.11. The summed E-state index contributed by atoms with van der Waals surface area (Å²) >= 11 is 0. The Balaban J connectivity index is 1.89. The van der Waals surface area contributed by atoms with Gasteiger partial charge < -0.3 is 10.6 Å². The molecule has 2 atom stereocenters. The minimum atomic E-state index is 0.0155. The van der Waals surface area contributed by atoms with Crippen molar-refractivity contribution in [1.29, 1.82) is 0 Å². The van der Waals surface area contributed by atoms with E-state index < -0.39 is 0 Å². The summed E-state index contributed by atoms with van der Waals surface area (Å²) in [5, 5.41) is 6.34. The van der Waals surface area contributed by atoms with Crippen LogP contribution < -0.4 is 10.6 Å². The number of carbonyl (C=O) groups excluding carboxylic acids is 1. The molecule has 3 nitrogen and oxygen atoms in total. The van der Waals surface area contributed by atoms with Crippen molar-refractivity contribution in [2.75, 3.05) is 6.54 Å². The number of aryl methyl sites for hydroxylation is 2. The lowest BCUT2D eigenvalue weighted by molar-refractivity contribution is -0.123. The van der Waals surface area contributed by atoms with E-state index in [1.54, 1.807) is 0 Å². The summed E-state index contributed by atoms with van der Waals surface area (Å²) in [4.78, 5) is 12.0. The Morgan fingerprint density at radius 2 is 2.05 bits per heavy atom. The first-order valence-electron chi connectivity index (χ1n) is 7.15. The molecule has 0 saturated carbocycles. The Hall–Kier alpha value is -1.35. The van der Waals surface area contributed by atoms with Crippen LogP contribution in [-0.2, 0) is 11.2 Å². The molecule has 1 saturated heterocycles. The van der Waals surface area contributed by atoms with Gasteiger partial charge in [0.15, 0.2) is 0 Å². The Labute approximate surface area is 115 Å². The summed E-state index contributed by atoms with van der Waals surface area (Å²) in [6, 6.07) is 6.76. The highest BCUT2D eigenvalue weighted by molar-refractivity contribution is 5.82. The maximum atomic E-state index is 12.0. The van der Waals surface area contributed by atoms with Gasteiger partial charge >= 0.3 is 0 Å². The van der Waals surface area contributed by atoms with E-state index in [1.165, 1.54) is 16.7 Å². The lowest BCUT2D eigenvalue weighted by atomic mass is 10.0. The molecular weight excluding hydrogens is 236 g/mol. The average Bonchev–Trinajstić information content (AvgIpc) is 2.80. The number of nitrogens with one attached hydrogen (secondary N) is 2. The quantitative estimate of drug-likeness (QED) is 0.870. The number of carbonyl (C=O) groups is 1. The molecule has 2 rings (SSSR count). The lowest BCUT2D eigenvalue weighted by Crippen LogP contribution is -2.44. The van der Waals surface area contributed by atoms with E-state index in [9.17, 15) is 4.79 Å². The predicted octanol–water partition coefficient (Wildman–Crippen LogP) is 2.10. The molecule has 0 aliphatic carbocycles. The van der Waals surface area contributed by atoms with Crippen LogP contribution in [0.3, 0.4) is 0 Å². The van der Waals surface area contributed by atoms with Gasteiger partial charge in [0.2, 0.25) is 5.91 Å². The Morgan fingerprint density at radius 3 is 2.63 bits per heavy atom. The van der Waals surface area contributed by atoms with Crippen molar-refractivity contribution in [2.24, 2.45) is 0 Å². The zero-order valence-electron chi connectivity index (χ0n) is 12.1. The van der Waals surface area contributed by atoms with Gasteiger partial charge in [-0.05, 0) is 52.1 Å². The summed E-state index contributed by atoms with van der Waals surface area (Å²) < 4.78 is 0. The molecule has 104 valence electrons. The topological polar surface area (TPSA) is 41.1 Å². The van der Waals surface area contributed by atoms with Gasteiger partial charge in [0, 0.05) is 6.04 Å². The Bertz CT molecular complexity index is 430. The molecule has 0 bridgehead atoms. The smallest absolute Gasteiger partial charge is 0.237 e. The fourth-order valence-corrected chi connectivity index (χ4v) is 2.84. The minimum absolute atomic E-state index is 0.0155.